The Morgan fingerprint density at radius 1 is 1.35 bits per heavy atom. The lowest BCUT2D eigenvalue weighted by Gasteiger charge is -2.21. The summed E-state index contributed by atoms with van der Waals surface area (Å²) in [6.07, 6.45) is 0.972. The van der Waals surface area contributed by atoms with Crippen molar-refractivity contribution in [2.75, 3.05) is 7.11 Å². The predicted octanol–water partition coefficient (Wildman–Crippen LogP) is 2.60. The van der Waals surface area contributed by atoms with Gasteiger partial charge in [0.1, 0.15) is 6.04 Å². The summed E-state index contributed by atoms with van der Waals surface area (Å²) in [6, 6.07) is 7.84. The number of carbonyl (C=O) groups excluding carboxylic acids is 1. The molecule has 0 aliphatic rings. The summed E-state index contributed by atoms with van der Waals surface area (Å²) < 4.78 is 4.84. The molecular formula is C14H21NO2. The first-order chi connectivity index (χ1) is 8.08. The van der Waals surface area contributed by atoms with E-state index in [-0.39, 0.29) is 18.1 Å². The first-order valence-corrected chi connectivity index (χ1v) is 5.99. The van der Waals surface area contributed by atoms with Gasteiger partial charge in [-0.3, -0.25) is 5.32 Å². The standard InChI is InChI=1S/C14H21NO2/c1-5-11(3)15-13(14(16)17-4)12-8-6-10(2)7-9-12/h6-9,11,13,15H,5H2,1-4H3. The Morgan fingerprint density at radius 3 is 2.41 bits per heavy atom. The van der Waals surface area contributed by atoms with Crippen LogP contribution in [0.25, 0.3) is 0 Å². The molecule has 0 bridgehead atoms. The third kappa shape index (κ3) is 3.86. The fraction of sp³-hybridized carbons (Fsp3) is 0.500. The summed E-state index contributed by atoms with van der Waals surface area (Å²) in [4.78, 5) is 11.8. The molecule has 0 aliphatic heterocycles. The number of carbonyl (C=O) groups is 1. The van der Waals surface area contributed by atoms with Crippen molar-refractivity contribution >= 4 is 5.97 Å². The van der Waals surface area contributed by atoms with Gasteiger partial charge in [-0.15, -0.1) is 0 Å². The van der Waals surface area contributed by atoms with Crippen LogP contribution in [0.1, 0.15) is 37.4 Å². The topological polar surface area (TPSA) is 38.3 Å². The molecular weight excluding hydrogens is 214 g/mol. The van der Waals surface area contributed by atoms with Crippen LogP contribution < -0.4 is 5.32 Å². The second-order valence-electron chi connectivity index (χ2n) is 4.34. The average Bonchev–Trinajstić information content (AvgIpc) is 2.36. The molecule has 3 heteroatoms. The molecule has 0 fully saturated rings. The summed E-state index contributed by atoms with van der Waals surface area (Å²) in [7, 11) is 1.42. The summed E-state index contributed by atoms with van der Waals surface area (Å²) >= 11 is 0. The average molecular weight is 235 g/mol. The fourth-order valence-corrected chi connectivity index (χ4v) is 1.58. The fourth-order valence-electron chi connectivity index (χ4n) is 1.58. The van der Waals surface area contributed by atoms with Crippen molar-refractivity contribution in [3.63, 3.8) is 0 Å². The summed E-state index contributed by atoms with van der Waals surface area (Å²) in [5.74, 6) is -0.242. The van der Waals surface area contributed by atoms with E-state index in [9.17, 15) is 4.79 Å². The van der Waals surface area contributed by atoms with Crippen molar-refractivity contribution in [3.05, 3.63) is 35.4 Å². The van der Waals surface area contributed by atoms with E-state index in [1.165, 1.54) is 12.7 Å². The van der Waals surface area contributed by atoms with Crippen LogP contribution in [0.15, 0.2) is 24.3 Å². The minimum Gasteiger partial charge on any atom is -0.468 e. The van der Waals surface area contributed by atoms with Crippen LogP contribution in [0.5, 0.6) is 0 Å². The van der Waals surface area contributed by atoms with E-state index in [4.69, 9.17) is 4.74 Å². The first-order valence-electron chi connectivity index (χ1n) is 5.99. The molecule has 0 aliphatic carbocycles. The number of hydrogen-bond donors (Lipinski definition) is 1. The lowest BCUT2D eigenvalue weighted by molar-refractivity contribution is -0.143. The minimum atomic E-state index is -0.379. The summed E-state index contributed by atoms with van der Waals surface area (Å²) in [5, 5.41) is 3.28. The van der Waals surface area contributed by atoms with Crippen molar-refractivity contribution < 1.29 is 9.53 Å². The van der Waals surface area contributed by atoms with Crippen molar-refractivity contribution in [3.8, 4) is 0 Å². The SMILES string of the molecule is CCC(C)NC(C(=O)OC)c1ccc(C)cc1. The number of rotatable bonds is 5. The number of ether oxygens (including phenoxy) is 1. The highest BCUT2D eigenvalue weighted by Gasteiger charge is 2.22. The van der Waals surface area contributed by atoms with Gasteiger partial charge in [0.25, 0.3) is 0 Å². The van der Waals surface area contributed by atoms with E-state index in [1.807, 2.05) is 31.2 Å². The molecule has 0 amide bonds. The van der Waals surface area contributed by atoms with E-state index in [1.54, 1.807) is 0 Å². The van der Waals surface area contributed by atoms with Crippen molar-refractivity contribution in [1.29, 1.82) is 0 Å². The quantitative estimate of drug-likeness (QED) is 0.797. The smallest absolute Gasteiger partial charge is 0.327 e. The Labute approximate surface area is 103 Å². The van der Waals surface area contributed by atoms with Crippen molar-refractivity contribution in [2.24, 2.45) is 0 Å². The highest BCUT2D eigenvalue weighted by molar-refractivity contribution is 5.77. The Bertz CT molecular complexity index is 359. The van der Waals surface area contributed by atoms with Crippen LogP contribution in [-0.2, 0) is 9.53 Å². The van der Waals surface area contributed by atoms with Gasteiger partial charge in [-0.2, -0.15) is 0 Å². The molecule has 0 aromatic heterocycles. The Kier molecular flexibility index (Phi) is 5.16. The maximum absolute atomic E-state index is 11.8. The van der Waals surface area contributed by atoms with E-state index in [0.29, 0.717) is 0 Å². The molecule has 2 atom stereocenters. The number of nitrogens with one attached hydrogen (secondary N) is 1. The zero-order valence-corrected chi connectivity index (χ0v) is 11.0. The lowest BCUT2D eigenvalue weighted by atomic mass is 10.0. The van der Waals surface area contributed by atoms with Gasteiger partial charge in [0.2, 0.25) is 0 Å². The Balaban J connectivity index is 2.89. The van der Waals surface area contributed by atoms with Gasteiger partial charge >= 0.3 is 5.97 Å². The molecule has 1 N–H and O–H groups in total. The third-order valence-corrected chi connectivity index (χ3v) is 2.91. The van der Waals surface area contributed by atoms with Gasteiger partial charge in [0.15, 0.2) is 0 Å². The van der Waals surface area contributed by atoms with Crippen LogP contribution in [0, 0.1) is 6.92 Å². The minimum absolute atomic E-state index is 0.242. The number of methoxy groups -OCH3 is 1. The molecule has 1 rings (SSSR count). The number of aryl methyl sites for hydroxylation is 1. The maximum Gasteiger partial charge on any atom is 0.327 e. The van der Waals surface area contributed by atoms with E-state index < -0.39 is 0 Å². The normalized spacial score (nSPS) is 14.1. The molecule has 2 unspecified atom stereocenters. The molecule has 0 radical (unpaired) electrons. The van der Waals surface area contributed by atoms with E-state index in [2.05, 4.69) is 19.2 Å². The van der Waals surface area contributed by atoms with Gasteiger partial charge in [0.05, 0.1) is 7.11 Å². The second-order valence-corrected chi connectivity index (χ2v) is 4.34. The highest BCUT2D eigenvalue weighted by Crippen LogP contribution is 2.16. The molecule has 3 nitrogen and oxygen atoms in total. The summed E-state index contributed by atoms with van der Waals surface area (Å²) in [5.41, 5.74) is 2.13. The third-order valence-electron chi connectivity index (χ3n) is 2.91. The van der Waals surface area contributed by atoms with Crippen LogP contribution in [0.4, 0.5) is 0 Å². The van der Waals surface area contributed by atoms with Crippen LogP contribution in [0.3, 0.4) is 0 Å². The van der Waals surface area contributed by atoms with E-state index in [0.717, 1.165) is 12.0 Å². The van der Waals surface area contributed by atoms with Gasteiger partial charge < -0.3 is 4.74 Å². The molecule has 1 aromatic carbocycles. The molecule has 94 valence electrons. The molecule has 0 spiro atoms. The summed E-state index contributed by atoms with van der Waals surface area (Å²) in [6.45, 7) is 6.17. The Morgan fingerprint density at radius 2 is 1.94 bits per heavy atom. The maximum atomic E-state index is 11.8. The second kappa shape index (κ2) is 6.40. The van der Waals surface area contributed by atoms with Gasteiger partial charge in [-0.05, 0) is 25.8 Å². The molecule has 17 heavy (non-hydrogen) atoms. The first kappa shape index (κ1) is 13.7. The van der Waals surface area contributed by atoms with Crippen molar-refractivity contribution in [2.45, 2.75) is 39.3 Å². The van der Waals surface area contributed by atoms with E-state index >= 15 is 0 Å². The van der Waals surface area contributed by atoms with Crippen molar-refractivity contribution in [1.82, 2.24) is 5.32 Å². The van der Waals surface area contributed by atoms with Crippen LogP contribution >= 0.6 is 0 Å². The number of hydrogen-bond acceptors (Lipinski definition) is 3. The molecule has 0 heterocycles. The zero-order chi connectivity index (χ0) is 12.8. The van der Waals surface area contributed by atoms with Gasteiger partial charge in [-0.25, -0.2) is 4.79 Å². The largest absolute Gasteiger partial charge is 0.468 e. The Hall–Kier alpha value is -1.35. The van der Waals surface area contributed by atoms with Gasteiger partial charge in [0, 0.05) is 6.04 Å². The number of esters is 1. The zero-order valence-electron chi connectivity index (χ0n) is 11.0. The molecule has 0 saturated carbocycles. The number of benzene rings is 1. The van der Waals surface area contributed by atoms with Crippen LogP contribution in [-0.4, -0.2) is 19.1 Å². The molecule has 0 saturated heterocycles. The predicted molar refractivity (Wildman–Crippen MR) is 68.8 cm³/mol. The van der Waals surface area contributed by atoms with Gasteiger partial charge in [-0.1, -0.05) is 36.8 Å². The highest BCUT2D eigenvalue weighted by atomic mass is 16.5. The lowest BCUT2D eigenvalue weighted by Crippen LogP contribution is -2.35. The van der Waals surface area contributed by atoms with Crippen LogP contribution in [0.2, 0.25) is 0 Å². The monoisotopic (exact) mass is 235 g/mol. The molecule has 1 aromatic rings.